The average molecular weight is 287 g/mol. The quantitative estimate of drug-likeness (QED) is 0.534. The zero-order chi connectivity index (χ0) is 16.1. The molecule has 0 saturated heterocycles. The summed E-state index contributed by atoms with van der Waals surface area (Å²) in [5.74, 6) is -2.15. The van der Waals surface area contributed by atoms with Crippen molar-refractivity contribution in [3.63, 3.8) is 0 Å². The van der Waals surface area contributed by atoms with Crippen LogP contribution in [0, 0.1) is 11.3 Å². The Kier molecular flexibility index (Phi) is 6.64. The molecule has 0 aromatic heterocycles. The van der Waals surface area contributed by atoms with Crippen molar-refractivity contribution in [3.8, 4) is 0 Å². The van der Waals surface area contributed by atoms with E-state index in [4.69, 9.17) is 10.8 Å². The molecule has 116 valence electrons. The molecule has 0 fully saturated rings. The smallest absolute Gasteiger partial charge is 0.326 e. The van der Waals surface area contributed by atoms with E-state index in [1.807, 2.05) is 0 Å². The van der Waals surface area contributed by atoms with Crippen molar-refractivity contribution in [1.29, 1.82) is 0 Å². The zero-order valence-corrected chi connectivity index (χ0v) is 12.7. The van der Waals surface area contributed by atoms with Gasteiger partial charge in [-0.1, -0.05) is 34.6 Å². The maximum Gasteiger partial charge on any atom is 0.326 e. The molecule has 0 aliphatic carbocycles. The summed E-state index contributed by atoms with van der Waals surface area (Å²) in [4.78, 5) is 34.3. The highest BCUT2D eigenvalue weighted by atomic mass is 16.4. The number of hydrogen-bond acceptors (Lipinski definition) is 4. The molecule has 0 rings (SSSR count). The van der Waals surface area contributed by atoms with E-state index < -0.39 is 35.3 Å². The average Bonchev–Trinajstić information content (AvgIpc) is 2.29. The lowest BCUT2D eigenvalue weighted by Crippen LogP contribution is -2.53. The molecule has 0 spiro atoms. The number of carboxylic acids is 1. The van der Waals surface area contributed by atoms with Crippen molar-refractivity contribution >= 4 is 17.8 Å². The van der Waals surface area contributed by atoms with Crippen LogP contribution in [0.2, 0.25) is 0 Å². The molecule has 0 aliphatic heterocycles. The van der Waals surface area contributed by atoms with Crippen LogP contribution >= 0.6 is 0 Å². The molecule has 0 radical (unpaired) electrons. The molecular formula is C13H25N3O4. The number of nitrogens with two attached hydrogens (primary N) is 1. The first-order chi connectivity index (χ1) is 8.96. The lowest BCUT2D eigenvalue weighted by Gasteiger charge is -2.27. The molecule has 2 atom stereocenters. The molecule has 7 heteroatoms. The third-order valence-corrected chi connectivity index (χ3v) is 2.86. The van der Waals surface area contributed by atoms with Crippen molar-refractivity contribution < 1.29 is 19.5 Å². The van der Waals surface area contributed by atoms with Crippen molar-refractivity contribution in [2.75, 3.05) is 6.54 Å². The van der Waals surface area contributed by atoms with Crippen molar-refractivity contribution in [2.45, 2.75) is 46.7 Å². The number of carbonyl (C=O) groups excluding carboxylic acids is 2. The Morgan fingerprint density at radius 1 is 1.20 bits per heavy atom. The van der Waals surface area contributed by atoms with Gasteiger partial charge in [0.1, 0.15) is 6.04 Å². The fraction of sp³-hybridized carbons (Fsp3) is 0.769. The SMILES string of the molecule is CC(C)[C@H](N)C(=O)NCC(=O)NC(C(=O)O)C(C)(C)C. The highest BCUT2D eigenvalue weighted by Gasteiger charge is 2.32. The molecule has 0 aromatic carbocycles. The number of carbonyl (C=O) groups is 3. The van der Waals surface area contributed by atoms with Gasteiger partial charge in [-0.15, -0.1) is 0 Å². The van der Waals surface area contributed by atoms with E-state index in [1.165, 1.54) is 0 Å². The Morgan fingerprint density at radius 3 is 2.05 bits per heavy atom. The van der Waals surface area contributed by atoms with Gasteiger partial charge in [0.25, 0.3) is 0 Å². The van der Waals surface area contributed by atoms with Crippen LogP contribution in [0.15, 0.2) is 0 Å². The number of carboxylic acid groups (broad SMARTS) is 1. The zero-order valence-electron chi connectivity index (χ0n) is 12.7. The molecule has 20 heavy (non-hydrogen) atoms. The predicted molar refractivity (Wildman–Crippen MR) is 74.8 cm³/mol. The van der Waals surface area contributed by atoms with Gasteiger partial charge in [-0.25, -0.2) is 4.79 Å². The molecule has 0 aliphatic rings. The maximum atomic E-state index is 11.7. The molecule has 0 aromatic rings. The summed E-state index contributed by atoms with van der Waals surface area (Å²) in [5, 5.41) is 13.9. The molecule has 0 bridgehead atoms. The van der Waals surface area contributed by atoms with Crippen LogP contribution in [0.3, 0.4) is 0 Å². The number of nitrogens with one attached hydrogen (secondary N) is 2. The van der Waals surface area contributed by atoms with Gasteiger partial charge >= 0.3 is 5.97 Å². The second-order valence-electron chi connectivity index (χ2n) is 6.19. The van der Waals surface area contributed by atoms with E-state index in [0.29, 0.717) is 0 Å². The summed E-state index contributed by atoms with van der Waals surface area (Å²) in [6.07, 6.45) is 0. The van der Waals surface area contributed by atoms with Crippen LogP contribution < -0.4 is 16.4 Å². The summed E-state index contributed by atoms with van der Waals surface area (Å²) >= 11 is 0. The largest absolute Gasteiger partial charge is 0.480 e. The topological polar surface area (TPSA) is 122 Å². The predicted octanol–water partition coefficient (Wildman–Crippen LogP) is -0.299. The number of hydrogen-bond donors (Lipinski definition) is 4. The van der Waals surface area contributed by atoms with Gasteiger partial charge in [0.15, 0.2) is 0 Å². The van der Waals surface area contributed by atoms with Crippen LogP contribution in [0.25, 0.3) is 0 Å². The van der Waals surface area contributed by atoms with Gasteiger partial charge in [0.05, 0.1) is 12.6 Å². The van der Waals surface area contributed by atoms with E-state index >= 15 is 0 Å². The third-order valence-electron chi connectivity index (χ3n) is 2.86. The summed E-state index contributed by atoms with van der Waals surface area (Å²) in [6, 6.07) is -1.72. The van der Waals surface area contributed by atoms with Crippen molar-refractivity contribution in [3.05, 3.63) is 0 Å². The molecular weight excluding hydrogens is 262 g/mol. The van der Waals surface area contributed by atoms with E-state index in [1.54, 1.807) is 34.6 Å². The summed E-state index contributed by atoms with van der Waals surface area (Å²) in [5.41, 5.74) is 5.00. The minimum absolute atomic E-state index is 0.0422. The fourth-order valence-electron chi connectivity index (χ4n) is 1.45. The molecule has 1 unspecified atom stereocenters. The Bertz CT molecular complexity index is 374. The van der Waals surface area contributed by atoms with E-state index in [-0.39, 0.29) is 12.5 Å². The van der Waals surface area contributed by atoms with E-state index in [0.717, 1.165) is 0 Å². The van der Waals surface area contributed by atoms with Crippen LogP contribution in [0.1, 0.15) is 34.6 Å². The van der Waals surface area contributed by atoms with Crippen molar-refractivity contribution in [1.82, 2.24) is 10.6 Å². The highest BCUT2D eigenvalue weighted by molar-refractivity contribution is 5.89. The second-order valence-corrected chi connectivity index (χ2v) is 6.19. The van der Waals surface area contributed by atoms with Gasteiger partial charge in [0.2, 0.25) is 11.8 Å². The standard InChI is InChI=1S/C13H25N3O4/c1-7(2)9(14)11(18)15-6-8(17)16-10(12(19)20)13(3,4)5/h7,9-10H,6,14H2,1-5H3,(H,15,18)(H,16,17)(H,19,20)/t9-,10?/m0/s1. The fourth-order valence-corrected chi connectivity index (χ4v) is 1.45. The molecule has 0 heterocycles. The molecule has 7 nitrogen and oxygen atoms in total. The highest BCUT2D eigenvalue weighted by Crippen LogP contribution is 2.19. The Balaban J connectivity index is 4.43. The maximum absolute atomic E-state index is 11.7. The normalized spacial score (nSPS) is 14.6. The summed E-state index contributed by atoms with van der Waals surface area (Å²) in [7, 11) is 0. The first-order valence-electron chi connectivity index (χ1n) is 6.52. The minimum Gasteiger partial charge on any atom is -0.480 e. The van der Waals surface area contributed by atoms with Crippen LogP contribution in [-0.2, 0) is 14.4 Å². The summed E-state index contributed by atoms with van der Waals surface area (Å²) in [6.45, 7) is 8.42. The third kappa shape index (κ3) is 6.01. The first kappa shape index (κ1) is 18.4. The van der Waals surface area contributed by atoms with E-state index in [9.17, 15) is 14.4 Å². The van der Waals surface area contributed by atoms with Crippen LogP contribution in [0.5, 0.6) is 0 Å². The number of rotatable bonds is 6. The van der Waals surface area contributed by atoms with Gasteiger partial charge < -0.3 is 21.5 Å². The first-order valence-corrected chi connectivity index (χ1v) is 6.52. The van der Waals surface area contributed by atoms with Gasteiger partial charge in [-0.05, 0) is 11.3 Å². The van der Waals surface area contributed by atoms with Gasteiger partial charge in [-0.2, -0.15) is 0 Å². The van der Waals surface area contributed by atoms with Gasteiger partial charge in [-0.3, -0.25) is 9.59 Å². The van der Waals surface area contributed by atoms with Crippen LogP contribution in [0.4, 0.5) is 0 Å². The number of aliphatic carboxylic acids is 1. The number of amides is 2. The summed E-state index contributed by atoms with van der Waals surface area (Å²) < 4.78 is 0. The lowest BCUT2D eigenvalue weighted by molar-refractivity contribution is -0.144. The van der Waals surface area contributed by atoms with Crippen LogP contribution in [-0.4, -0.2) is 41.5 Å². The minimum atomic E-state index is -1.11. The molecule has 5 N–H and O–H groups in total. The Hall–Kier alpha value is -1.63. The second kappa shape index (κ2) is 7.23. The van der Waals surface area contributed by atoms with Gasteiger partial charge in [0, 0.05) is 0 Å². The molecule has 0 saturated carbocycles. The van der Waals surface area contributed by atoms with Crippen molar-refractivity contribution in [2.24, 2.45) is 17.1 Å². The van der Waals surface area contributed by atoms with E-state index in [2.05, 4.69) is 10.6 Å². The molecule has 2 amide bonds. The lowest BCUT2D eigenvalue weighted by atomic mass is 9.87. The Morgan fingerprint density at radius 2 is 1.70 bits per heavy atom. The Labute approximate surface area is 119 Å². The monoisotopic (exact) mass is 287 g/mol.